The van der Waals surface area contributed by atoms with Gasteiger partial charge in [-0.15, -0.1) is 0 Å². The van der Waals surface area contributed by atoms with E-state index in [9.17, 15) is 0 Å². The zero-order valence-electron chi connectivity index (χ0n) is 6.13. The first-order chi connectivity index (χ1) is 5.41. The van der Waals surface area contributed by atoms with Gasteiger partial charge in [0.15, 0.2) is 0 Å². The Bertz CT molecular complexity index is 95.3. The zero-order chi connectivity index (χ0) is 8.36. The monoisotopic (exact) mass is 460 g/mol. The molecule has 0 unspecified atom stereocenters. The third-order valence-corrected chi connectivity index (χ3v) is 1.24. The summed E-state index contributed by atoms with van der Waals surface area (Å²) >= 11 is 6.56. The Morgan fingerprint density at radius 3 is 2.45 bits per heavy atom. The fourth-order valence-corrected chi connectivity index (χ4v) is 0.786. The van der Waals surface area contributed by atoms with Crippen LogP contribution in [0.2, 0.25) is 0 Å². The molecule has 1 rings (SSSR count). The molecule has 0 saturated carbocycles. The summed E-state index contributed by atoms with van der Waals surface area (Å²) in [6.07, 6.45) is 14.5. The molecule has 0 fully saturated rings. The molecule has 1 aliphatic carbocycles. The second-order valence-corrected chi connectivity index (χ2v) is 12.0. The van der Waals surface area contributed by atoms with Gasteiger partial charge < -0.3 is 6.08 Å². The van der Waals surface area contributed by atoms with Gasteiger partial charge in [-0.3, -0.25) is 6.08 Å². The third-order valence-electron chi connectivity index (χ3n) is 1.24. The van der Waals surface area contributed by atoms with Gasteiger partial charge in [0.25, 0.3) is 0 Å². The quantitative estimate of drug-likeness (QED) is 0.375. The number of rotatable bonds is 0. The number of halogens is 2. The normalized spacial score (nSPS) is 16.5. The molecule has 11 heavy (non-hydrogen) atoms. The molecule has 0 bridgehead atoms. The molecule has 0 aliphatic heterocycles. The van der Waals surface area contributed by atoms with E-state index in [1.165, 1.54) is 19.3 Å². The van der Waals surface area contributed by atoms with Gasteiger partial charge in [-0.25, -0.2) is 0 Å². The molecular formula is C8H11Br2Pt-. The van der Waals surface area contributed by atoms with Crippen molar-refractivity contribution in [2.75, 3.05) is 0 Å². The summed E-state index contributed by atoms with van der Waals surface area (Å²) in [5.74, 6) is 0. The van der Waals surface area contributed by atoms with Crippen molar-refractivity contribution < 1.29 is 14.5 Å². The van der Waals surface area contributed by atoms with E-state index in [2.05, 4.69) is 50.9 Å². The smallest absolute Gasteiger partial charge is 0.0343 e. The minimum Gasteiger partial charge on any atom is -0.500 e. The predicted molar refractivity (Wildman–Crippen MR) is 53.3 cm³/mol. The molecule has 0 heterocycles. The summed E-state index contributed by atoms with van der Waals surface area (Å²) in [7, 11) is 0. The van der Waals surface area contributed by atoms with Gasteiger partial charge >= 0.3 is 41.0 Å². The first-order valence-corrected chi connectivity index (χ1v) is 13.4. The molecule has 0 saturated heterocycles. The minimum atomic E-state index is 0.208. The largest absolute Gasteiger partial charge is 0.500 e. The zero-order valence-corrected chi connectivity index (χ0v) is 11.6. The van der Waals surface area contributed by atoms with E-state index in [4.69, 9.17) is 0 Å². The van der Waals surface area contributed by atoms with Gasteiger partial charge in [0.2, 0.25) is 0 Å². The van der Waals surface area contributed by atoms with E-state index in [0.717, 1.165) is 6.42 Å². The maximum absolute atomic E-state index is 3.21. The molecule has 0 atom stereocenters. The van der Waals surface area contributed by atoms with Gasteiger partial charge in [0.05, 0.1) is 0 Å². The van der Waals surface area contributed by atoms with Gasteiger partial charge in [-0.1, -0.05) is 25.0 Å². The Morgan fingerprint density at radius 2 is 1.73 bits per heavy atom. The summed E-state index contributed by atoms with van der Waals surface area (Å²) < 4.78 is 0. The topological polar surface area (TPSA) is 0 Å². The average Bonchev–Trinajstić information content (AvgIpc) is 1.86. The van der Waals surface area contributed by atoms with Crippen LogP contribution in [0.15, 0.2) is 18.2 Å². The van der Waals surface area contributed by atoms with Gasteiger partial charge in [0.1, 0.15) is 0 Å². The molecule has 68 valence electrons. The Labute approximate surface area is 90.3 Å². The van der Waals surface area contributed by atoms with Crippen molar-refractivity contribution in [3.8, 4) is 0 Å². The van der Waals surface area contributed by atoms with Crippen LogP contribution < -0.4 is 0 Å². The average molecular weight is 462 g/mol. The van der Waals surface area contributed by atoms with Gasteiger partial charge in [0, 0.05) is 0 Å². The van der Waals surface area contributed by atoms with Gasteiger partial charge in [-0.05, 0) is 6.42 Å². The molecule has 0 aromatic rings. The first kappa shape index (κ1) is 12.1. The van der Waals surface area contributed by atoms with Crippen LogP contribution in [0, 0.1) is 6.08 Å². The van der Waals surface area contributed by atoms with Crippen molar-refractivity contribution in [3.63, 3.8) is 0 Å². The number of allylic oxidation sites excluding steroid dienone is 4. The fourth-order valence-electron chi connectivity index (χ4n) is 0.786. The van der Waals surface area contributed by atoms with Crippen LogP contribution in [-0.2, 0) is 14.5 Å². The van der Waals surface area contributed by atoms with Crippen molar-refractivity contribution in [1.82, 2.24) is 0 Å². The van der Waals surface area contributed by atoms with Crippen molar-refractivity contribution in [3.05, 3.63) is 24.3 Å². The molecule has 0 aromatic carbocycles. The Hall–Kier alpha value is 1.13. The van der Waals surface area contributed by atoms with Gasteiger partial charge in [-0.2, -0.15) is 6.42 Å². The Kier molecular flexibility index (Phi) is 12.3. The van der Waals surface area contributed by atoms with Crippen LogP contribution in [-0.4, -0.2) is 0 Å². The number of hydrogen-bond acceptors (Lipinski definition) is 0. The minimum absolute atomic E-state index is 0.208. The molecule has 0 amide bonds. The van der Waals surface area contributed by atoms with E-state index in [1.54, 1.807) is 0 Å². The molecule has 0 aromatic heterocycles. The van der Waals surface area contributed by atoms with Crippen LogP contribution in [0.3, 0.4) is 0 Å². The Morgan fingerprint density at radius 1 is 1.09 bits per heavy atom. The third kappa shape index (κ3) is 11.1. The molecule has 0 nitrogen and oxygen atoms in total. The van der Waals surface area contributed by atoms with Crippen LogP contribution in [0.4, 0.5) is 0 Å². The van der Waals surface area contributed by atoms with E-state index >= 15 is 0 Å². The van der Waals surface area contributed by atoms with E-state index in [-0.39, 0.29) is 14.5 Å². The fraction of sp³-hybridized carbons (Fsp3) is 0.500. The number of hydrogen-bond donors (Lipinski definition) is 0. The second-order valence-electron chi connectivity index (χ2n) is 2.04. The first-order valence-electron chi connectivity index (χ1n) is 3.44. The summed E-state index contributed by atoms with van der Waals surface area (Å²) in [5.41, 5.74) is 0. The van der Waals surface area contributed by atoms with E-state index in [1.807, 2.05) is 0 Å². The second kappa shape index (κ2) is 11.1. The van der Waals surface area contributed by atoms with Crippen molar-refractivity contribution in [2.45, 2.75) is 25.7 Å². The van der Waals surface area contributed by atoms with Crippen LogP contribution in [0.25, 0.3) is 0 Å². The summed E-state index contributed by atoms with van der Waals surface area (Å²) in [6.45, 7) is 0. The SMILES string of the molecule is [Br][Pt][Br].[C-]1=CCCC=CCC1. The van der Waals surface area contributed by atoms with Crippen molar-refractivity contribution >= 4 is 26.6 Å². The maximum Gasteiger partial charge on any atom is -0.0343 e. The molecule has 1 aliphatic rings. The molecular weight excluding hydrogens is 451 g/mol. The predicted octanol–water partition coefficient (Wildman–Crippen LogP) is 4.16. The Balaban J connectivity index is 0.000000292. The molecule has 0 spiro atoms. The standard InChI is InChI=1S/C8H11.2BrH.Pt/c1-2-4-6-8-7-5-3-1;;;/h1-2,7H,3-6H2;2*1H;/q-1;;;+2/p-2. The van der Waals surface area contributed by atoms with Crippen molar-refractivity contribution in [2.24, 2.45) is 0 Å². The molecule has 0 radical (unpaired) electrons. The summed E-state index contributed by atoms with van der Waals surface area (Å²) in [4.78, 5) is 0. The van der Waals surface area contributed by atoms with Crippen molar-refractivity contribution in [1.29, 1.82) is 0 Å². The summed E-state index contributed by atoms with van der Waals surface area (Å²) in [6, 6.07) is 0. The molecule has 0 N–H and O–H groups in total. The van der Waals surface area contributed by atoms with Crippen LogP contribution in [0.1, 0.15) is 25.7 Å². The summed E-state index contributed by atoms with van der Waals surface area (Å²) in [5, 5.41) is 0. The maximum atomic E-state index is 3.21. The molecule has 3 heteroatoms. The van der Waals surface area contributed by atoms with E-state index in [0.29, 0.717) is 0 Å². The van der Waals surface area contributed by atoms with Crippen LogP contribution >= 0.6 is 26.6 Å². The van der Waals surface area contributed by atoms with Crippen LogP contribution in [0.5, 0.6) is 0 Å². The van der Waals surface area contributed by atoms with E-state index < -0.39 is 0 Å².